The molecule has 110 valence electrons. The second kappa shape index (κ2) is 7.29. The minimum atomic E-state index is 0.133. The zero-order valence-electron chi connectivity index (χ0n) is 12.4. The molecule has 1 fully saturated rings. The molecule has 0 radical (unpaired) electrons. The largest absolute Gasteiger partial charge is 0.496 e. The Hall–Kier alpha value is -1.55. The summed E-state index contributed by atoms with van der Waals surface area (Å²) in [6, 6.07) is 8.17. The second-order valence-corrected chi connectivity index (χ2v) is 5.19. The van der Waals surface area contributed by atoms with E-state index in [9.17, 15) is 4.79 Å². The summed E-state index contributed by atoms with van der Waals surface area (Å²) in [4.78, 5) is 13.8. The van der Waals surface area contributed by atoms with Crippen LogP contribution >= 0.6 is 0 Å². The number of rotatable bonds is 7. The minimum absolute atomic E-state index is 0.133. The summed E-state index contributed by atoms with van der Waals surface area (Å²) in [5.41, 5.74) is 1.13. The van der Waals surface area contributed by atoms with Crippen molar-refractivity contribution in [2.24, 2.45) is 0 Å². The van der Waals surface area contributed by atoms with Crippen LogP contribution in [0.15, 0.2) is 24.3 Å². The number of carbonyl (C=O) groups excluding carboxylic acids is 1. The van der Waals surface area contributed by atoms with Gasteiger partial charge in [-0.15, -0.1) is 0 Å². The van der Waals surface area contributed by atoms with E-state index in [-0.39, 0.29) is 11.9 Å². The van der Waals surface area contributed by atoms with Gasteiger partial charge in [-0.3, -0.25) is 4.79 Å². The molecule has 1 unspecified atom stereocenters. The highest BCUT2D eigenvalue weighted by atomic mass is 16.5. The number of nitrogens with one attached hydrogen (secondary N) is 1. The van der Waals surface area contributed by atoms with E-state index in [0.717, 1.165) is 43.8 Å². The Kier molecular flexibility index (Phi) is 5.41. The van der Waals surface area contributed by atoms with Crippen LogP contribution in [0.4, 0.5) is 0 Å². The first-order chi connectivity index (χ1) is 9.76. The van der Waals surface area contributed by atoms with Crippen molar-refractivity contribution < 1.29 is 9.53 Å². The summed E-state index contributed by atoms with van der Waals surface area (Å²) in [5.74, 6) is 1.15. The fourth-order valence-corrected chi connectivity index (χ4v) is 2.66. The predicted octanol–water partition coefficient (Wildman–Crippen LogP) is 2.36. The number of benzene rings is 1. The second-order valence-electron chi connectivity index (χ2n) is 5.19. The average Bonchev–Trinajstić information content (AvgIpc) is 2.88. The fraction of sp³-hybridized carbons (Fsp3) is 0.562. The van der Waals surface area contributed by atoms with Gasteiger partial charge in [0.25, 0.3) is 0 Å². The van der Waals surface area contributed by atoms with Crippen LogP contribution in [-0.4, -0.2) is 37.6 Å². The van der Waals surface area contributed by atoms with Gasteiger partial charge in [-0.1, -0.05) is 25.1 Å². The minimum Gasteiger partial charge on any atom is -0.496 e. The van der Waals surface area contributed by atoms with Crippen LogP contribution in [0.3, 0.4) is 0 Å². The highest BCUT2D eigenvalue weighted by Gasteiger charge is 2.25. The molecule has 0 saturated carbocycles. The molecule has 1 atom stereocenters. The standard InChI is InChI=1S/C16H24N2O2/c1-3-10-17-14(12-18-11-6-9-16(18)19)13-7-4-5-8-15(13)20-2/h4-5,7-8,14,17H,3,6,9-12H2,1-2H3. The van der Waals surface area contributed by atoms with Crippen molar-refractivity contribution in [1.82, 2.24) is 10.2 Å². The third kappa shape index (κ3) is 3.51. The first-order valence-electron chi connectivity index (χ1n) is 7.40. The molecule has 0 spiro atoms. The summed E-state index contributed by atoms with van der Waals surface area (Å²) in [6.45, 7) is 4.68. The Morgan fingerprint density at radius 2 is 2.20 bits per heavy atom. The van der Waals surface area contributed by atoms with Gasteiger partial charge in [0, 0.05) is 25.1 Å². The van der Waals surface area contributed by atoms with E-state index in [4.69, 9.17) is 4.74 Å². The first-order valence-corrected chi connectivity index (χ1v) is 7.40. The van der Waals surface area contributed by atoms with E-state index in [0.29, 0.717) is 6.42 Å². The van der Waals surface area contributed by atoms with Gasteiger partial charge >= 0.3 is 0 Å². The molecule has 4 nitrogen and oxygen atoms in total. The first kappa shape index (κ1) is 14.9. The van der Waals surface area contributed by atoms with Crippen LogP contribution < -0.4 is 10.1 Å². The van der Waals surface area contributed by atoms with Crippen LogP contribution in [0.5, 0.6) is 5.75 Å². The molecule has 1 aliphatic heterocycles. The third-order valence-electron chi connectivity index (χ3n) is 3.73. The van der Waals surface area contributed by atoms with Crippen LogP contribution in [0.2, 0.25) is 0 Å². The van der Waals surface area contributed by atoms with E-state index in [1.807, 2.05) is 23.1 Å². The highest BCUT2D eigenvalue weighted by molar-refractivity contribution is 5.78. The Balaban J connectivity index is 2.15. The fourth-order valence-electron chi connectivity index (χ4n) is 2.66. The number of hydrogen-bond donors (Lipinski definition) is 1. The lowest BCUT2D eigenvalue weighted by Gasteiger charge is -2.26. The highest BCUT2D eigenvalue weighted by Crippen LogP contribution is 2.26. The monoisotopic (exact) mass is 276 g/mol. The molecule has 4 heteroatoms. The van der Waals surface area contributed by atoms with E-state index >= 15 is 0 Å². The van der Waals surface area contributed by atoms with E-state index in [1.54, 1.807) is 7.11 Å². The number of para-hydroxylation sites is 1. The van der Waals surface area contributed by atoms with Gasteiger partial charge in [-0.2, -0.15) is 0 Å². The van der Waals surface area contributed by atoms with Crippen molar-refractivity contribution in [3.05, 3.63) is 29.8 Å². The maximum atomic E-state index is 11.8. The molecule has 2 rings (SSSR count). The van der Waals surface area contributed by atoms with Gasteiger partial charge in [0.1, 0.15) is 5.75 Å². The van der Waals surface area contributed by atoms with Gasteiger partial charge in [-0.25, -0.2) is 0 Å². The van der Waals surface area contributed by atoms with Crippen molar-refractivity contribution >= 4 is 5.91 Å². The number of methoxy groups -OCH3 is 1. The molecule has 1 amide bonds. The molecule has 1 aromatic carbocycles. The molecule has 1 heterocycles. The van der Waals surface area contributed by atoms with Gasteiger partial charge in [0.05, 0.1) is 13.2 Å². The molecule has 20 heavy (non-hydrogen) atoms. The maximum absolute atomic E-state index is 11.8. The molecular weight excluding hydrogens is 252 g/mol. The van der Waals surface area contributed by atoms with Gasteiger partial charge < -0.3 is 15.0 Å². The predicted molar refractivity (Wildman–Crippen MR) is 79.8 cm³/mol. The quantitative estimate of drug-likeness (QED) is 0.831. The Morgan fingerprint density at radius 3 is 2.85 bits per heavy atom. The summed E-state index contributed by atoms with van der Waals surface area (Å²) in [7, 11) is 1.69. The lowest BCUT2D eigenvalue weighted by atomic mass is 10.0. The van der Waals surface area contributed by atoms with Crippen molar-refractivity contribution in [1.29, 1.82) is 0 Å². The maximum Gasteiger partial charge on any atom is 0.222 e. The van der Waals surface area contributed by atoms with Crippen molar-refractivity contribution in [3.63, 3.8) is 0 Å². The van der Waals surface area contributed by atoms with Crippen molar-refractivity contribution in [2.45, 2.75) is 32.2 Å². The smallest absolute Gasteiger partial charge is 0.222 e. The van der Waals surface area contributed by atoms with Gasteiger partial charge in [-0.05, 0) is 25.5 Å². The van der Waals surface area contributed by atoms with Crippen LogP contribution in [-0.2, 0) is 4.79 Å². The number of amides is 1. The summed E-state index contributed by atoms with van der Waals surface area (Å²) < 4.78 is 5.45. The normalized spacial score (nSPS) is 16.5. The van der Waals surface area contributed by atoms with Crippen molar-refractivity contribution in [2.75, 3.05) is 26.7 Å². The lowest BCUT2D eigenvalue weighted by molar-refractivity contribution is -0.128. The number of hydrogen-bond acceptors (Lipinski definition) is 3. The molecule has 0 aliphatic carbocycles. The van der Waals surface area contributed by atoms with Crippen LogP contribution in [0.25, 0.3) is 0 Å². The summed E-state index contributed by atoms with van der Waals surface area (Å²) in [6.07, 6.45) is 2.73. The number of likely N-dealkylation sites (tertiary alicyclic amines) is 1. The molecule has 1 N–H and O–H groups in total. The Labute approximate surface area is 121 Å². The zero-order valence-corrected chi connectivity index (χ0v) is 12.4. The van der Waals surface area contributed by atoms with E-state index < -0.39 is 0 Å². The molecule has 0 bridgehead atoms. The molecule has 0 aromatic heterocycles. The lowest BCUT2D eigenvalue weighted by Crippen LogP contribution is -2.36. The van der Waals surface area contributed by atoms with Crippen molar-refractivity contribution in [3.8, 4) is 5.75 Å². The molecular formula is C16H24N2O2. The SMILES string of the molecule is CCCNC(CN1CCCC1=O)c1ccccc1OC. The van der Waals surface area contributed by atoms with Gasteiger partial charge in [0.15, 0.2) is 0 Å². The molecule has 1 saturated heterocycles. The summed E-state index contributed by atoms with van der Waals surface area (Å²) >= 11 is 0. The van der Waals surface area contributed by atoms with E-state index in [1.165, 1.54) is 0 Å². The van der Waals surface area contributed by atoms with Gasteiger partial charge in [0.2, 0.25) is 5.91 Å². The molecule has 1 aromatic rings. The van der Waals surface area contributed by atoms with Crippen LogP contribution in [0, 0.1) is 0 Å². The Bertz CT molecular complexity index is 448. The number of ether oxygens (including phenoxy) is 1. The molecule has 1 aliphatic rings. The van der Waals surface area contributed by atoms with E-state index in [2.05, 4.69) is 18.3 Å². The average molecular weight is 276 g/mol. The summed E-state index contributed by atoms with van der Waals surface area (Å²) in [5, 5.41) is 3.53. The number of carbonyl (C=O) groups is 1. The number of nitrogens with zero attached hydrogens (tertiary/aromatic N) is 1. The third-order valence-corrected chi connectivity index (χ3v) is 3.73. The zero-order chi connectivity index (χ0) is 14.4. The topological polar surface area (TPSA) is 41.6 Å². The van der Waals surface area contributed by atoms with Crippen LogP contribution in [0.1, 0.15) is 37.8 Å². The Morgan fingerprint density at radius 1 is 1.40 bits per heavy atom.